The number of piperidine rings is 1. The molecular weight excluding hydrogens is 375 g/mol. The van der Waals surface area contributed by atoms with E-state index in [4.69, 9.17) is 4.74 Å². The quantitative estimate of drug-likeness (QED) is 0.834. The highest BCUT2D eigenvalue weighted by molar-refractivity contribution is 5.68. The molecule has 7 nitrogen and oxygen atoms in total. The number of anilines is 2. The fourth-order valence-electron chi connectivity index (χ4n) is 3.00. The molecule has 2 atom stereocenters. The van der Waals surface area contributed by atoms with Crippen LogP contribution in [0.3, 0.4) is 0 Å². The summed E-state index contributed by atoms with van der Waals surface area (Å²) in [6, 6.07) is 0.665. The van der Waals surface area contributed by atoms with Crippen LogP contribution in [0.2, 0.25) is 0 Å². The van der Waals surface area contributed by atoms with Crippen LogP contribution in [0.25, 0.3) is 0 Å². The summed E-state index contributed by atoms with van der Waals surface area (Å²) in [5, 5.41) is 2.83. The minimum atomic E-state index is -4.55. The molecule has 158 valence electrons. The number of rotatable bonds is 3. The van der Waals surface area contributed by atoms with Crippen molar-refractivity contribution in [1.29, 1.82) is 0 Å². The fourth-order valence-corrected chi connectivity index (χ4v) is 3.00. The molecule has 0 aliphatic carbocycles. The minimum absolute atomic E-state index is 0.0433. The Morgan fingerprint density at radius 1 is 1.29 bits per heavy atom. The molecule has 1 aromatic rings. The van der Waals surface area contributed by atoms with Crippen molar-refractivity contribution < 1.29 is 22.7 Å². The van der Waals surface area contributed by atoms with E-state index in [1.165, 1.54) is 4.90 Å². The Labute approximate surface area is 163 Å². The fraction of sp³-hybridized carbons (Fsp3) is 0.722. The third-order valence-corrected chi connectivity index (χ3v) is 4.30. The van der Waals surface area contributed by atoms with E-state index in [1.807, 2.05) is 6.92 Å². The molecule has 2 heterocycles. The second-order valence-corrected chi connectivity index (χ2v) is 8.21. The van der Waals surface area contributed by atoms with Crippen molar-refractivity contribution >= 4 is 17.9 Å². The number of halogens is 3. The summed E-state index contributed by atoms with van der Waals surface area (Å²) in [6.45, 7) is 7.65. The van der Waals surface area contributed by atoms with E-state index in [9.17, 15) is 18.0 Å². The van der Waals surface area contributed by atoms with Crippen LogP contribution in [-0.4, -0.2) is 54.4 Å². The van der Waals surface area contributed by atoms with Crippen LogP contribution < -0.4 is 15.1 Å². The maximum absolute atomic E-state index is 13.2. The first kappa shape index (κ1) is 22.0. The average molecular weight is 403 g/mol. The minimum Gasteiger partial charge on any atom is -0.444 e. The number of carbonyl (C=O) groups excluding carboxylic acids is 1. The molecule has 0 aromatic carbocycles. The normalized spacial score (nSPS) is 20.7. The number of nitrogens with one attached hydrogen (secondary N) is 1. The van der Waals surface area contributed by atoms with Gasteiger partial charge in [0.2, 0.25) is 5.95 Å². The predicted molar refractivity (Wildman–Crippen MR) is 101 cm³/mol. The topological polar surface area (TPSA) is 70.6 Å². The van der Waals surface area contributed by atoms with Crippen molar-refractivity contribution in [3.8, 4) is 0 Å². The van der Waals surface area contributed by atoms with E-state index < -0.39 is 23.6 Å². The van der Waals surface area contributed by atoms with Gasteiger partial charge in [0.05, 0.1) is 0 Å². The molecular formula is C18H28F3N5O2. The Morgan fingerprint density at radius 3 is 2.43 bits per heavy atom. The lowest BCUT2D eigenvalue weighted by Gasteiger charge is -2.38. The summed E-state index contributed by atoms with van der Waals surface area (Å²) in [5.41, 5.74) is -1.56. The number of amides is 1. The van der Waals surface area contributed by atoms with Crippen LogP contribution in [0.1, 0.15) is 46.2 Å². The van der Waals surface area contributed by atoms with Gasteiger partial charge in [0, 0.05) is 38.8 Å². The van der Waals surface area contributed by atoms with E-state index in [0.29, 0.717) is 19.4 Å². The molecule has 0 radical (unpaired) electrons. The highest BCUT2D eigenvalue weighted by Crippen LogP contribution is 2.32. The smallest absolute Gasteiger partial charge is 0.433 e. The Balaban J connectivity index is 2.14. The molecule has 1 N–H and O–H groups in total. The number of alkyl carbamates (subject to hydrolysis) is 1. The van der Waals surface area contributed by atoms with Gasteiger partial charge in [-0.2, -0.15) is 18.2 Å². The Morgan fingerprint density at radius 2 is 1.93 bits per heavy atom. The molecule has 1 aromatic heterocycles. The molecule has 1 aliphatic rings. The van der Waals surface area contributed by atoms with E-state index in [2.05, 4.69) is 15.3 Å². The molecule has 10 heteroatoms. The predicted octanol–water partition coefficient (Wildman–Crippen LogP) is 3.44. The summed E-state index contributed by atoms with van der Waals surface area (Å²) in [7, 11) is 3.26. The molecule has 1 saturated heterocycles. The van der Waals surface area contributed by atoms with Crippen molar-refractivity contribution in [1.82, 2.24) is 15.3 Å². The SMILES string of the molecule is CC1CC(NC(=O)OC(C)(C)C)CCN1c1nc(N(C)C)cc(C(F)(F)F)n1. The zero-order valence-electron chi connectivity index (χ0n) is 17.1. The van der Waals surface area contributed by atoms with Gasteiger partial charge in [0.15, 0.2) is 5.69 Å². The molecule has 0 bridgehead atoms. The molecule has 2 rings (SSSR count). The van der Waals surface area contributed by atoms with Gasteiger partial charge >= 0.3 is 12.3 Å². The van der Waals surface area contributed by atoms with Crippen molar-refractivity contribution in [2.24, 2.45) is 0 Å². The van der Waals surface area contributed by atoms with Crippen molar-refractivity contribution in [2.45, 2.75) is 64.4 Å². The third-order valence-electron chi connectivity index (χ3n) is 4.30. The summed E-state index contributed by atoms with van der Waals surface area (Å²) in [5.74, 6) is 0.236. The van der Waals surface area contributed by atoms with Gasteiger partial charge in [-0.05, 0) is 40.5 Å². The maximum Gasteiger partial charge on any atom is 0.433 e. The molecule has 28 heavy (non-hydrogen) atoms. The maximum atomic E-state index is 13.2. The van der Waals surface area contributed by atoms with Crippen molar-refractivity contribution in [3.63, 3.8) is 0 Å². The molecule has 2 unspecified atom stereocenters. The first-order chi connectivity index (χ1) is 12.8. The number of alkyl halides is 3. The lowest BCUT2D eigenvalue weighted by atomic mass is 9.99. The Hall–Kier alpha value is -2.26. The van der Waals surface area contributed by atoms with E-state index in [-0.39, 0.29) is 23.8 Å². The second-order valence-electron chi connectivity index (χ2n) is 8.21. The first-order valence-electron chi connectivity index (χ1n) is 9.16. The largest absolute Gasteiger partial charge is 0.444 e. The van der Waals surface area contributed by atoms with Crippen LogP contribution in [0.5, 0.6) is 0 Å². The molecule has 1 amide bonds. The van der Waals surface area contributed by atoms with Gasteiger partial charge in [-0.25, -0.2) is 9.78 Å². The number of hydrogen-bond acceptors (Lipinski definition) is 6. The van der Waals surface area contributed by atoms with Crippen LogP contribution >= 0.6 is 0 Å². The summed E-state index contributed by atoms with van der Waals surface area (Å²) < 4.78 is 44.9. The van der Waals surface area contributed by atoms with Crippen LogP contribution in [0.15, 0.2) is 6.07 Å². The number of aromatic nitrogens is 2. The van der Waals surface area contributed by atoms with Gasteiger partial charge < -0.3 is 19.9 Å². The summed E-state index contributed by atoms with van der Waals surface area (Å²) in [4.78, 5) is 23.2. The van der Waals surface area contributed by atoms with Gasteiger partial charge in [-0.1, -0.05) is 0 Å². The number of nitrogens with zero attached hydrogens (tertiary/aromatic N) is 4. The van der Waals surface area contributed by atoms with Gasteiger partial charge in [-0.15, -0.1) is 0 Å². The van der Waals surface area contributed by atoms with Crippen LogP contribution in [0, 0.1) is 0 Å². The van der Waals surface area contributed by atoms with E-state index in [0.717, 1.165) is 6.07 Å². The third kappa shape index (κ3) is 5.87. The molecule has 0 saturated carbocycles. The molecule has 1 fully saturated rings. The van der Waals surface area contributed by atoms with Crippen LogP contribution in [-0.2, 0) is 10.9 Å². The van der Waals surface area contributed by atoms with Gasteiger partial charge in [0.1, 0.15) is 11.4 Å². The number of carbonyl (C=O) groups is 1. The van der Waals surface area contributed by atoms with Gasteiger partial charge in [0.25, 0.3) is 0 Å². The standard InChI is InChI=1S/C18H28F3N5O2/c1-11-9-12(22-16(27)28-17(2,3)4)7-8-26(11)15-23-13(18(19,20)21)10-14(24-15)25(5)6/h10-12H,7-9H2,1-6H3,(H,22,27). The Bertz CT molecular complexity index is 703. The Kier molecular flexibility index (Phi) is 6.30. The van der Waals surface area contributed by atoms with Gasteiger partial charge in [-0.3, -0.25) is 0 Å². The number of hydrogen-bond donors (Lipinski definition) is 1. The second kappa shape index (κ2) is 8.00. The van der Waals surface area contributed by atoms with E-state index >= 15 is 0 Å². The highest BCUT2D eigenvalue weighted by atomic mass is 19.4. The monoisotopic (exact) mass is 403 g/mol. The zero-order valence-corrected chi connectivity index (χ0v) is 17.1. The lowest BCUT2D eigenvalue weighted by Crippen LogP contribution is -2.50. The van der Waals surface area contributed by atoms with Crippen molar-refractivity contribution in [2.75, 3.05) is 30.4 Å². The highest BCUT2D eigenvalue weighted by Gasteiger charge is 2.36. The number of ether oxygens (including phenoxy) is 1. The van der Waals surface area contributed by atoms with Crippen LogP contribution in [0.4, 0.5) is 29.7 Å². The first-order valence-corrected chi connectivity index (χ1v) is 9.16. The average Bonchev–Trinajstić information content (AvgIpc) is 2.51. The summed E-state index contributed by atoms with van der Waals surface area (Å²) in [6.07, 6.45) is -3.94. The molecule has 0 spiro atoms. The van der Waals surface area contributed by atoms with Crippen molar-refractivity contribution in [3.05, 3.63) is 11.8 Å². The van der Waals surface area contributed by atoms with E-state index in [1.54, 1.807) is 39.8 Å². The summed E-state index contributed by atoms with van der Waals surface area (Å²) >= 11 is 0. The lowest BCUT2D eigenvalue weighted by molar-refractivity contribution is -0.141. The zero-order chi connectivity index (χ0) is 21.3. The molecule has 1 aliphatic heterocycles.